The molecule has 0 saturated carbocycles. The van der Waals surface area contributed by atoms with Crippen LogP contribution in [-0.4, -0.2) is 34.7 Å². The van der Waals surface area contributed by atoms with Crippen molar-refractivity contribution in [3.05, 3.63) is 36.0 Å². The van der Waals surface area contributed by atoms with Gasteiger partial charge in [-0.2, -0.15) is 0 Å². The molecule has 0 aliphatic carbocycles. The number of aromatic nitrogens is 1. The quantitative estimate of drug-likeness (QED) is 0.415. The van der Waals surface area contributed by atoms with Gasteiger partial charge in [0.15, 0.2) is 5.96 Å². The Hall–Kier alpha value is -2.01. The number of aliphatic hydroxyl groups is 1. The van der Waals surface area contributed by atoms with E-state index in [4.69, 9.17) is 0 Å². The van der Waals surface area contributed by atoms with Gasteiger partial charge in [0.2, 0.25) is 0 Å². The molecule has 0 bridgehead atoms. The van der Waals surface area contributed by atoms with Gasteiger partial charge in [-0.05, 0) is 37.3 Å². The molecule has 2 rings (SSSR count). The van der Waals surface area contributed by atoms with Crippen LogP contribution in [-0.2, 0) is 6.54 Å². The third-order valence-corrected chi connectivity index (χ3v) is 4.35. The number of aromatic amines is 1. The normalized spacial score (nSPS) is 12.6. The summed E-state index contributed by atoms with van der Waals surface area (Å²) in [5, 5.41) is 18.5. The molecule has 1 aromatic heterocycles. The van der Waals surface area contributed by atoms with Gasteiger partial charge < -0.3 is 20.7 Å². The Balaban J connectivity index is 2.01. The van der Waals surface area contributed by atoms with E-state index >= 15 is 0 Å². The zero-order valence-corrected chi connectivity index (χ0v) is 15.7. The molecule has 1 aromatic carbocycles. The third-order valence-electron chi connectivity index (χ3n) is 4.35. The van der Waals surface area contributed by atoms with Crippen LogP contribution < -0.4 is 10.6 Å². The summed E-state index contributed by atoms with van der Waals surface area (Å²) in [5.74, 6) is 0.742. The molecule has 0 aliphatic heterocycles. The number of hydrogen-bond donors (Lipinski definition) is 4. The molecule has 5 nitrogen and oxygen atoms in total. The summed E-state index contributed by atoms with van der Waals surface area (Å²) < 4.78 is 0. The average Bonchev–Trinajstić information content (AvgIpc) is 3.01. The minimum atomic E-state index is -0.666. The minimum absolute atomic E-state index is 0.521. The van der Waals surface area contributed by atoms with E-state index in [0.29, 0.717) is 13.1 Å². The van der Waals surface area contributed by atoms with Gasteiger partial charge in [0.25, 0.3) is 0 Å². The molecule has 1 heterocycles. The highest BCUT2D eigenvalue weighted by atomic mass is 16.3. The second kappa shape index (κ2) is 9.47. The van der Waals surface area contributed by atoms with Crippen LogP contribution in [0.25, 0.3) is 10.9 Å². The average molecular weight is 345 g/mol. The van der Waals surface area contributed by atoms with Crippen LogP contribution in [0.3, 0.4) is 0 Å². The third kappa shape index (κ3) is 5.78. The molecule has 25 heavy (non-hydrogen) atoms. The maximum atomic E-state index is 10.8. The molecule has 0 spiro atoms. The van der Waals surface area contributed by atoms with E-state index in [1.165, 1.54) is 5.39 Å². The number of fused-ring (bicyclic) bond motifs is 1. The first-order valence-corrected chi connectivity index (χ1v) is 9.41. The second-order valence-corrected chi connectivity index (χ2v) is 6.65. The van der Waals surface area contributed by atoms with Crippen molar-refractivity contribution < 1.29 is 5.11 Å². The fraction of sp³-hybridized carbons (Fsp3) is 0.550. The van der Waals surface area contributed by atoms with Crippen LogP contribution in [0.4, 0.5) is 0 Å². The maximum Gasteiger partial charge on any atom is 0.191 e. The first-order chi connectivity index (χ1) is 12.1. The lowest BCUT2D eigenvalue weighted by Crippen LogP contribution is -2.47. The van der Waals surface area contributed by atoms with Crippen LogP contribution >= 0.6 is 0 Å². The van der Waals surface area contributed by atoms with E-state index in [9.17, 15) is 5.11 Å². The largest absolute Gasteiger partial charge is 0.388 e. The highest BCUT2D eigenvalue weighted by Crippen LogP contribution is 2.18. The van der Waals surface area contributed by atoms with Gasteiger partial charge in [-0.25, -0.2) is 4.99 Å². The zero-order valence-electron chi connectivity index (χ0n) is 15.7. The Labute approximate surface area is 150 Å². The van der Waals surface area contributed by atoms with Gasteiger partial charge in [0, 0.05) is 24.3 Å². The van der Waals surface area contributed by atoms with Crippen LogP contribution in [0.1, 0.15) is 52.1 Å². The predicted molar refractivity (Wildman–Crippen MR) is 106 cm³/mol. The highest BCUT2D eigenvalue weighted by Gasteiger charge is 2.24. The molecule has 2 aromatic rings. The number of hydrogen-bond acceptors (Lipinski definition) is 2. The van der Waals surface area contributed by atoms with E-state index in [0.717, 1.165) is 49.4 Å². The number of aliphatic imine (C=N–C) groups is 1. The van der Waals surface area contributed by atoms with E-state index in [1.54, 1.807) is 0 Å². The molecule has 0 atom stereocenters. The summed E-state index contributed by atoms with van der Waals surface area (Å²) in [7, 11) is 0. The summed E-state index contributed by atoms with van der Waals surface area (Å²) >= 11 is 0. The van der Waals surface area contributed by atoms with Crippen LogP contribution in [0.5, 0.6) is 0 Å². The number of nitrogens with one attached hydrogen (secondary N) is 3. The van der Waals surface area contributed by atoms with Crippen molar-refractivity contribution >= 4 is 16.9 Å². The van der Waals surface area contributed by atoms with Crippen LogP contribution in [0.2, 0.25) is 0 Å². The highest BCUT2D eigenvalue weighted by molar-refractivity contribution is 5.81. The number of H-pyrrole nitrogens is 1. The lowest BCUT2D eigenvalue weighted by atomic mass is 9.93. The van der Waals surface area contributed by atoms with Gasteiger partial charge in [-0.3, -0.25) is 0 Å². The minimum Gasteiger partial charge on any atom is -0.388 e. The molecule has 0 unspecified atom stereocenters. The van der Waals surface area contributed by atoms with Crippen molar-refractivity contribution in [2.24, 2.45) is 4.99 Å². The molecule has 0 amide bonds. The van der Waals surface area contributed by atoms with Gasteiger partial charge >= 0.3 is 0 Å². The van der Waals surface area contributed by atoms with Gasteiger partial charge in [0.1, 0.15) is 0 Å². The number of para-hydroxylation sites is 1. The van der Waals surface area contributed by atoms with Gasteiger partial charge in [-0.15, -0.1) is 0 Å². The number of benzene rings is 1. The van der Waals surface area contributed by atoms with Crippen LogP contribution in [0, 0.1) is 0 Å². The first kappa shape index (κ1) is 19.3. The van der Waals surface area contributed by atoms with E-state index in [-0.39, 0.29) is 0 Å². The maximum absolute atomic E-state index is 10.8. The topological polar surface area (TPSA) is 72.4 Å². The van der Waals surface area contributed by atoms with Crippen molar-refractivity contribution in [2.45, 2.75) is 58.6 Å². The Bertz CT molecular complexity index is 638. The fourth-order valence-corrected chi connectivity index (χ4v) is 3.21. The smallest absolute Gasteiger partial charge is 0.191 e. The van der Waals surface area contributed by atoms with E-state index in [1.807, 2.05) is 19.1 Å². The molecular weight excluding hydrogens is 312 g/mol. The molecule has 4 N–H and O–H groups in total. The SMILES string of the molecule is CCCC(O)(CCC)CNC(=NCc1cc2ccccc2[nH]1)NCC. The second-order valence-electron chi connectivity index (χ2n) is 6.65. The van der Waals surface area contributed by atoms with Gasteiger partial charge in [0.05, 0.1) is 12.1 Å². The summed E-state index contributed by atoms with van der Waals surface area (Å²) in [6.07, 6.45) is 3.55. The summed E-state index contributed by atoms with van der Waals surface area (Å²) in [5.41, 5.74) is 1.54. The molecule has 138 valence electrons. The molecule has 0 radical (unpaired) electrons. The summed E-state index contributed by atoms with van der Waals surface area (Å²) in [4.78, 5) is 8.05. The Morgan fingerprint density at radius 3 is 2.48 bits per heavy atom. The number of guanidine groups is 1. The molecular formula is C20H32N4O. The zero-order chi connectivity index (χ0) is 18.1. The Morgan fingerprint density at radius 2 is 1.84 bits per heavy atom. The fourth-order valence-electron chi connectivity index (χ4n) is 3.21. The summed E-state index contributed by atoms with van der Waals surface area (Å²) in [6, 6.07) is 10.4. The first-order valence-electron chi connectivity index (χ1n) is 9.41. The monoisotopic (exact) mass is 344 g/mol. The van der Waals surface area contributed by atoms with Crippen molar-refractivity contribution in [1.29, 1.82) is 0 Å². The molecule has 0 fully saturated rings. The Morgan fingerprint density at radius 1 is 1.12 bits per heavy atom. The van der Waals surface area contributed by atoms with Crippen molar-refractivity contribution in [2.75, 3.05) is 13.1 Å². The summed E-state index contributed by atoms with van der Waals surface area (Å²) in [6.45, 7) is 8.14. The standard InChI is InChI=1S/C20H32N4O/c1-4-11-20(25,12-5-2)15-23-19(21-6-3)22-14-17-13-16-9-7-8-10-18(16)24-17/h7-10,13,24-25H,4-6,11-12,14-15H2,1-3H3,(H2,21,22,23). The number of nitrogens with zero attached hydrogens (tertiary/aromatic N) is 1. The van der Waals surface area contributed by atoms with E-state index in [2.05, 4.69) is 52.7 Å². The van der Waals surface area contributed by atoms with Gasteiger partial charge in [-0.1, -0.05) is 44.9 Å². The lowest BCUT2D eigenvalue weighted by molar-refractivity contribution is 0.0257. The van der Waals surface area contributed by atoms with Crippen LogP contribution in [0.15, 0.2) is 35.3 Å². The predicted octanol–water partition coefficient (Wildman–Crippen LogP) is 3.55. The van der Waals surface area contributed by atoms with Crippen molar-refractivity contribution in [3.63, 3.8) is 0 Å². The van der Waals surface area contributed by atoms with Crippen molar-refractivity contribution in [3.8, 4) is 0 Å². The van der Waals surface area contributed by atoms with E-state index < -0.39 is 5.60 Å². The van der Waals surface area contributed by atoms with Crippen molar-refractivity contribution in [1.82, 2.24) is 15.6 Å². The Kier molecular flexibility index (Phi) is 7.31. The lowest BCUT2D eigenvalue weighted by Gasteiger charge is -2.28. The molecule has 5 heteroatoms. The number of rotatable bonds is 9. The molecule has 0 saturated heterocycles. The molecule has 0 aliphatic rings.